The molecule has 0 aliphatic rings. The minimum absolute atomic E-state index is 0. The van der Waals surface area contributed by atoms with Crippen molar-refractivity contribution in [2.45, 2.75) is 11.0 Å². The molecule has 0 aromatic heterocycles. The third-order valence-electron chi connectivity index (χ3n) is 1.25. The number of alkyl halides is 6. The first kappa shape index (κ1) is 31.4. The fourth-order valence-corrected chi connectivity index (χ4v) is 0.385. The van der Waals surface area contributed by atoms with Gasteiger partial charge in [0.15, 0.2) is 0 Å². The van der Waals surface area contributed by atoms with Crippen LogP contribution in [0.2, 0.25) is 0 Å². The van der Waals surface area contributed by atoms with Crippen LogP contribution in [-0.2, 0) is 54.4 Å². The van der Waals surface area contributed by atoms with Gasteiger partial charge in [0.25, 0.3) is 0 Å². The van der Waals surface area contributed by atoms with Crippen LogP contribution in [-0.4, -0.2) is 37.0 Å². The van der Waals surface area contributed by atoms with Crippen molar-refractivity contribution in [3.8, 4) is 0 Å². The van der Waals surface area contributed by atoms with Gasteiger partial charge in [0, 0.05) is 34.1 Å². The molecule has 2 radical (unpaired) electrons. The molecule has 0 saturated carbocycles. The summed E-state index contributed by atoms with van der Waals surface area (Å²) in [5, 5.41) is 0. The molecule has 0 amide bonds. The molecule has 0 fully saturated rings. The van der Waals surface area contributed by atoms with Crippen LogP contribution < -0.4 is 0 Å². The summed E-state index contributed by atoms with van der Waals surface area (Å²) in [6.45, 7) is 0. The summed E-state index contributed by atoms with van der Waals surface area (Å²) in [6, 6.07) is 12.0. The van der Waals surface area contributed by atoms with E-state index >= 15 is 0 Å². The van der Waals surface area contributed by atoms with Gasteiger partial charge in [0.2, 0.25) is 0 Å². The van der Waals surface area contributed by atoms with Crippen LogP contribution in [0.25, 0.3) is 0 Å². The maximum absolute atomic E-state index is 10.7. The minimum atomic E-state index is -5.84. The molecule has 0 unspecified atom stereocenters. The van der Waals surface area contributed by atoms with Crippen molar-refractivity contribution in [1.29, 1.82) is 0 Å². The van der Waals surface area contributed by atoms with E-state index < -0.39 is 31.3 Å². The number of hydrogen-bond donors (Lipinski definition) is 2. The Morgan fingerprint density at radius 1 is 0.542 bits per heavy atom. The van der Waals surface area contributed by atoms with Crippen molar-refractivity contribution in [3.05, 3.63) is 36.4 Å². The summed E-state index contributed by atoms with van der Waals surface area (Å²) in [7, 11) is -11.7. The Kier molecular flexibility index (Phi) is 15.8. The molecule has 1 aromatic carbocycles. The molecule has 6 nitrogen and oxygen atoms in total. The maximum atomic E-state index is 10.7. The normalized spacial score (nSPS) is 11.3. The van der Waals surface area contributed by atoms with E-state index in [2.05, 4.69) is 0 Å². The second-order valence-corrected chi connectivity index (χ2v) is 5.82. The molecule has 1 aromatic rings. The third-order valence-corrected chi connectivity index (χ3v) is 2.42. The molecule has 152 valence electrons. The zero-order valence-electron chi connectivity index (χ0n) is 10.7. The molecule has 16 heteroatoms. The molecule has 2 N–H and O–H groups in total. The van der Waals surface area contributed by atoms with E-state index in [0.717, 1.165) is 0 Å². The van der Waals surface area contributed by atoms with Crippen LogP contribution in [0.15, 0.2) is 36.4 Å². The third kappa shape index (κ3) is 16.5. The Morgan fingerprint density at radius 3 is 0.667 bits per heavy atom. The minimum Gasteiger partial charge on any atom is -0.279 e. The fourth-order valence-electron chi connectivity index (χ4n) is 0.385. The first-order valence-corrected chi connectivity index (χ1v) is 7.45. The van der Waals surface area contributed by atoms with E-state index in [1.807, 2.05) is 36.4 Å². The van der Waals surface area contributed by atoms with Gasteiger partial charge in [-0.1, -0.05) is 36.4 Å². The Morgan fingerprint density at radius 2 is 0.625 bits per heavy atom. The van der Waals surface area contributed by atoms with Gasteiger partial charge < -0.3 is 0 Å². The van der Waals surface area contributed by atoms with Gasteiger partial charge in [-0.05, 0) is 0 Å². The van der Waals surface area contributed by atoms with Crippen LogP contribution >= 0.6 is 0 Å². The van der Waals surface area contributed by atoms with E-state index in [-0.39, 0.29) is 34.1 Å². The van der Waals surface area contributed by atoms with E-state index in [1.54, 1.807) is 0 Å². The van der Waals surface area contributed by atoms with Crippen LogP contribution in [0.1, 0.15) is 0 Å². The number of benzene rings is 1. The Bertz CT molecular complexity index is 561. The smallest absolute Gasteiger partial charge is 0.279 e. The molecule has 24 heavy (non-hydrogen) atoms. The molecular weight excluding hydrogens is 497 g/mol. The molecule has 0 aliphatic carbocycles. The van der Waals surface area contributed by atoms with Gasteiger partial charge in [0.05, 0.1) is 0 Å². The zero-order chi connectivity index (χ0) is 18.2. The van der Waals surface area contributed by atoms with Gasteiger partial charge in [-0.25, -0.2) is 0 Å². The first-order chi connectivity index (χ1) is 9.50. The van der Waals surface area contributed by atoms with Crippen LogP contribution in [0.3, 0.4) is 0 Å². The quantitative estimate of drug-likeness (QED) is 0.243. The summed E-state index contributed by atoms with van der Waals surface area (Å²) >= 11 is 0. The van der Waals surface area contributed by atoms with E-state index in [9.17, 15) is 26.3 Å². The van der Waals surface area contributed by atoms with E-state index in [1.165, 1.54) is 0 Å². The molecule has 0 aliphatic heterocycles. The first-order valence-electron chi connectivity index (χ1n) is 4.57. The Labute approximate surface area is 154 Å². The van der Waals surface area contributed by atoms with Gasteiger partial charge in [-0.15, -0.1) is 0 Å². The van der Waals surface area contributed by atoms with Crippen molar-refractivity contribution >= 4 is 20.2 Å². The number of hydrogen-bond acceptors (Lipinski definition) is 4. The van der Waals surface area contributed by atoms with Crippen molar-refractivity contribution in [2.75, 3.05) is 0 Å². The molecule has 0 saturated heterocycles. The van der Waals surface area contributed by atoms with E-state index in [4.69, 9.17) is 25.9 Å². The number of rotatable bonds is 0. The topological polar surface area (TPSA) is 109 Å². The average Bonchev–Trinajstić information content (AvgIpc) is 2.27. The zero-order valence-corrected chi connectivity index (χ0v) is 14.2. The Balaban J connectivity index is -0.000000121. The van der Waals surface area contributed by atoms with Crippen molar-refractivity contribution in [1.82, 2.24) is 0 Å². The van der Waals surface area contributed by atoms with E-state index in [0.29, 0.717) is 0 Å². The summed E-state index contributed by atoms with van der Waals surface area (Å²) in [5.41, 5.74) is -11.1. The molecular formula is C8H8Cu2F6O6S2. The van der Waals surface area contributed by atoms with Crippen LogP contribution in [0.5, 0.6) is 0 Å². The average molecular weight is 505 g/mol. The SMILES string of the molecule is O=S(=O)(O)C(F)(F)F.O=S(=O)(O)C(F)(F)F.[Cu].[Cu].c1ccccc1. The van der Waals surface area contributed by atoms with Gasteiger partial charge >= 0.3 is 31.3 Å². The second kappa shape index (κ2) is 12.1. The molecule has 0 atom stereocenters. The van der Waals surface area contributed by atoms with Crippen molar-refractivity contribution < 1.29 is 86.4 Å². The maximum Gasteiger partial charge on any atom is 0.522 e. The van der Waals surface area contributed by atoms with Gasteiger partial charge in [-0.2, -0.15) is 43.2 Å². The van der Waals surface area contributed by atoms with Crippen molar-refractivity contribution in [2.24, 2.45) is 0 Å². The predicted octanol–water partition coefficient (Wildman–Crippen LogP) is 2.47. The summed E-state index contributed by atoms with van der Waals surface area (Å²) in [4.78, 5) is 0. The molecule has 0 bridgehead atoms. The standard InChI is InChI=1S/C6H6.2CHF3O3S.2Cu/c1-2-4-6-5-3-1;2*2-1(3,4)8(5,6)7;;/h1-6H;2*(H,5,6,7);;. The Hall–Kier alpha value is -0.341. The van der Waals surface area contributed by atoms with Crippen LogP contribution in [0, 0.1) is 0 Å². The fraction of sp³-hybridized carbons (Fsp3) is 0.250. The number of halogens is 6. The van der Waals surface area contributed by atoms with Crippen molar-refractivity contribution in [3.63, 3.8) is 0 Å². The second-order valence-electron chi connectivity index (χ2n) is 3.00. The van der Waals surface area contributed by atoms with Gasteiger partial charge in [0.1, 0.15) is 0 Å². The summed E-state index contributed by atoms with van der Waals surface area (Å²) in [6.07, 6.45) is 0. The van der Waals surface area contributed by atoms with Gasteiger partial charge in [-0.3, -0.25) is 9.11 Å². The largest absolute Gasteiger partial charge is 0.522 e. The molecule has 1 rings (SSSR count). The molecule has 0 heterocycles. The predicted molar refractivity (Wildman–Crippen MR) is 61.6 cm³/mol. The summed E-state index contributed by atoms with van der Waals surface area (Å²) in [5.74, 6) is 0. The summed E-state index contributed by atoms with van der Waals surface area (Å²) < 4.78 is 115. The molecule has 0 spiro atoms. The monoisotopic (exact) mass is 504 g/mol. The van der Waals surface area contributed by atoms with Crippen LogP contribution in [0.4, 0.5) is 26.3 Å².